The summed E-state index contributed by atoms with van der Waals surface area (Å²) in [5, 5.41) is 0. The molecule has 0 amide bonds. The Balaban J connectivity index is 2.59. The minimum absolute atomic E-state index is 0.113. The number of rotatable bonds is 3. The van der Waals surface area contributed by atoms with E-state index >= 15 is 0 Å². The highest BCUT2D eigenvalue weighted by Gasteiger charge is 2.45. The molecule has 6 heteroatoms. The summed E-state index contributed by atoms with van der Waals surface area (Å²) in [4.78, 5) is 21.4. The quantitative estimate of drug-likeness (QED) is 0.669. The summed E-state index contributed by atoms with van der Waals surface area (Å²) in [7, 11) is 0. The van der Waals surface area contributed by atoms with Gasteiger partial charge in [-0.2, -0.15) is 0 Å². The lowest BCUT2D eigenvalue weighted by Gasteiger charge is -2.18. The van der Waals surface area contributed by atoms with Gasteiger partial charge in [-0.15, -0.1) is 0 Å². The van der Waals surface area contributed by atoms with Crippen molar-refractivity contribution in [3.63, 3.8) is 0 Å². The Kier molecular flexibility index (Phi) is 4.23. The first kappa shape index (κ1) is 12.9. The average Bonchev–Trinajstić information content (AvgIpc) is 2.42. The number of alkyl halides is 1. The standard InChI is InChI=1S/C10H15FO5/c1-5-9(11)10(16-7(3)13)8(15-5)4-14-6(2)12/h5,8-10H,4H2,1-3H3/t5?,8-,9-,10-/m1/s1. The minimum atomic E-state index is -1.40. The van der Waals surface area contributed by atoms with E-state index in [9.17, 15) is 14.0 Å². The highest BCUT2D eigenvalue weighted by Crippen LogP contribution is 2.26. The predicted molar refractivity (Wildman–Crippen MR) is 51.4 cm³/mol. The van der Waals surface area contributed by atoms with E-state index in [1.165, 1.54) is 20.8 Å². The highest BCUT2D eigenvalue weighted by atomic mass is 19.1. The first-order valence-electron chi connectivity index (χ1n) is 5.02. The molecule has 0 aliphatic carbocycles. The summed E-state index contributed by atoms with van der Waals surface area (Å²) in [5.74, 6) is -1.07. The summed E-state index contributed by atoms with van der Waals surface area (Å²) < 4.78 is 28.3. The number of ether oxygens (including phenoxy) is 3. The van der Waals surface area contributed by atoms with Gasteiger partial charge in [-0.1, -0.05) is 0 Å². The molecule has 1 fully saturated rings. The van der Waals surface area contributed by atoms with Gasteiger partial charge in [0.1, 0.15) is 12.7 Å². The molecule has 16 heavy (non-hydrogen) atoms. The van der Waals surface area contributed by atoms with E-state index in [-0.39, 0.29) is 6.61 Å². The molecule has 1 aliphatic rings. The van der Waals surface area contributed by atoms with Gasteiger partial charge in [0, 0.05) is 13.8 Å². The number of esters is 2. The number of halogens is 1. The zero-order valence-corrected chi connectivity index (χ0v) is 9.44. The second kappa shape index (κ2) is 5.25. The van der Waals surface area contributed by atoms with Gasteiger partial charge in [-0.05, 0) is 6.92 Å². The Hall–Kier alpha value is -1.17. The smallest absolute Gasteiger partial charge is 0.303 e. The summed E-state index contributed by atoms with van der Waals surface area (Å²) in [6, 6.07) is 0. The molecule has 0 saturated carbocycles. The summed E-state index contributed by atoms with van der Waals surface area (Å²) in [6.07, 6.45) is -3.82. The molecule has 0 aromatic rings. The van der Waals surface area contributed by atoms with Crippen molar-refractivity contribution in [2.45, 2.75) is 45.3 Å². The minimum Gasteiger partial charge on any atom is -0.463 e. The fourth-order valence-electron chi connectivity index (χ4n) is 1.57. The number of hydrogen-bond donors (Lipinski definition) is 0. The van der Waals surface area contributed by atoms with E-state index in [0.29, 0.717) is 0 Å². The molecule has 0 spiro atoms. The van der Waals surface area contributed by atoms with Crippen LogP contribution in [0.3, 0.4) is 0 Å². The van der Waals surface area contributed by atoms with Crippen LogP contribution in [0.4, 0.5) is 4.39 Å². The second-order valence-corrected chi connectivity index (χ2v) is 3.70. The largest absolute Gasteiger partial charge is 0.463 e. The fraction of sp³-hybridized carbons (Fsp3) is 0.800. The van der Waals surface area contributed by atoms with Crippen LogP contribution in [-0.4, -0.2) is 43.0 Å². The average molecular weight is 234 g/mol. The summed E-state index contributed by atoms with van der Waals surface area (Å²) in [6.45, 7) is 3.86. The third-order valence-corrected chi connectivity index (χ3v) is 2.27. The summed E-state index contributed by atoms with van der Waals surface area (Å²) >= 11 is 0. The normalized spacial score (nSPS) is 33.5. The molecule has 0 N–H and O–H groups in total. The van der Waals surface area contributed by atoms with Crippen LogP contribution in [0.25, 0.3) is 0 Å². The molecular weight excluding hydrogens is 219 g/mol. The van der Waals surface area contributed by atoms with Crippen molar-refractivity contribution in [2.24, 2.45) is 0 Å². The van der Waals surface area contributed by atoms with Crippen LogP contribution in [0, 0.1) is 0 Å². The van der Waals surface area contributed by atoms with Crippen molar-refractivity contribution >= 4 is 11.9 Å². The fourth-order valence-corrected chi connectivity index (χ4v) is 1.57. The zero-order valence-electron chi connectivity index (χ0n) is 9.44. The van der Waals surface area contributed by atoms with Crippen LogP contribution in [0.2, 0.25) is 0 Å². The van der Waals surface area contributed by atoms with E-state index in [4.69, 9.17) is 14.2 Å². The van der Waals surface area contributed by atoms with Gasteiger partial charge in [0.25, 0.3) is 0 Å². The van der Waals surface area contributed by atoms with Gasteiger partial charge in [0.15, 0.2) is 12.3 Å². The van der Waals surface area contributed by atoms with Gasteiger partial charge in [0.2, 0.25) is 0 Å². The van der Waals surface area contributed by atoms with Crippen molar-refractivity contribution in [3.8, 4) is 0 Å². The lowest BCUT2D eigenvalue weighted by atomic mass is 10.1. The van der Waals surface area contributed by atoms with Gasteiger partial charge in [0.05, 0.1) is 6.10 Å². The Morgan fingerprint density at radius 3 is 2.44 bits per heavy atom. The van der Waals surface area contributed by atoms with Gasteiger partial charge in [-0.25, -0.2) is 4.39 Å². The lowest BCUT2D eigenvalue weighted by molar-refractivity contribution is -0.156. The van der Waals surface area contributed by atoms with E-state index in [0.717, 1.165) is 0 Å². The molecule has 1 saturated heterocycles. The molecule has 1 unspecified atom stereocenters. The topological polar surface area (TPSA) is 61.8 Å². The number of carbonyl (C=O) groups excluding carboxylic acids is 2. The SMILES string of the molecule is CC(=O)OC[C@H]1OC(C)[C@@H](F)[C@@H]1OC(C)=O. The van der Waals surface area contributed by atoms with E-state index in [1.54, 1.807) is 0 Å². The maximum absolute atomic E-state index is 13.6. The van der Waals surface area contributed by atoms with Gasteiger partial charge < -0.3 is 14.2 Å². The van der Waals surface area contributed by atoms with Gasteiger partial charge >= 0.3 is 11.9 Å². The monoisotopic (exact) mass is 234 g/mol. The first-order valence-corrected chi connectivity index (χ1v) is 5.02. The molecular formula is C10H15FO5. The first-order chi connectivity index (χ1) is 7.41. The van der Waals surface area contributed by atoms with Crippen molar-refractivity contribution in [2.75, 3.05) is 6.61 Å². The Labute approximate surface area is 92.8 Å². The van der Waals surface area contributed by atoms with E-state index < -0.39 is 36.4 Å². The highest BCUT2D eigenvalue weighted by molar-refractivity contribution is 5.66. The molecule has 5 nitrogen and oxygen atoms in total. The molecule has 0 aromatic carbocycles. The van der Waals surface area contributed by atoms with Crippen LogP contribution in [0.1, 0.15) is 20.8 Å². The molecule has 92 valence electrons. The van der Waals surface area contributed by atoms with Crippen molar-refractivity contribution in [1.29, 1.82) is 0 Å². The third kappa shape index (κ3) is 3.16. The Bertz CT molecular complexity index is 280. The van der Waals surface area contributed by atoms with E-state index in [1.807, 2.05) is 0 Å². The Morgan fingerprint density at radius 2 is 1.94 bits per heavy atom. The number of carbonyl (C=O) groups is 2. The number of hydrogen-bond acceptors (Lipinski definition) is 5. The van der Waals surface area contributed by atoms with Crippen molar-refractivity contribution < 1.29 is 28.2 Å². The van der Waals surface area contributed by atoms with Crippen LogP contribution >= 0.6 is 0 Å². The maximum atomic E-state index is 13.6. The molecule has 0 bridgehead atoms. The molecule has 4 atom stereocenters. The molecule has 1 heterocycles. The van der Waals surface area contributed by atoms with Gasteiger partial charge in [-0.3, -0.25) is 9.59 Å². The molecule has 0 aromatic heterocycles. The molecule has 1 rings (SSSR count). The van der Waals surface area contributed by atoms with Crippen molar-refractivity contribution in [1.82, 2.24) is 0 Å². The molecule has 0 radical (unpaired) electrons. The second-order valence-electron chi connectivity index (χ2n) is 3.70. The predicted octanol–water partition coefficient (Wildman–Crippen LogP) is 0.607. The van der Waals surface area contributed by atoms with Crippen LogP contribution < -0.4 is 0 Å². The zero-order chi connectivity index (χ0) is 12.3. The lowest BCUT2D eigenvalue weighted by Crippen LogP contribution is -2.36. The summed E-state index contributed by atoms with van der Waals surface area (Å²) in [5.41, 5.74) is 0. The van der Waals surface area contributed by atoms with E-state index in [2.05, 4.69) is 0 Å². The van der Waals surface area contributed by atoms with Crippen LogP contribution in [-0.2, 0) is 23.8 Å². The van der Waals surface area contributed by atoms with Crippen LogP contribution in [0.5, 0.6) is 0 Å². The maximum Gasteiger partial charge on any atom is 0.303 e. The van der Waals surface area contributed by atoms with Crippen LogP contribution in [0.15, 0.2) is 0 Å². The Morgan fingerprint density at radius 1 is 1.31 bits per heavy atom. The van der Waals surface area contributed by atoms with Crippen molar-refractivity contribution in [3.05, 3.63) is 0 Å². The third-order valence-electron chi connectivity index (χ3n) is 2.27. The molecule has 1 aliphatic heterocycles.